The van der Waals surface area contributed by atoms with Gasteiger partial charge in [-0.2, -0.15) is 5.10 Å². The fourth-order valence-corrected chi connectivity index (χ4v) is 3.79. The number of thiazole rings is 1. The molecule has 2 aliphatic rings. The van der Waals surface area contributed by atoms with E-state index in [2.05, 4.69) is 5.10 Å². The minimum atomic E-state index is 0.211. The molecule has 1 amide bonds. The Morgan fingerprint density at radius 1 is 1.45 bits per heavy atom. The molecular weight excluding hydrogens is 272 g/mol. The Morgan fingerprint density at radius 3 is 3.00 bits per heavy atom. The van der Waals surface area contributed by atoms with Gasteiger partial charge in [-0.25, -0.2) is 4.98 Å². The summed E-state index contributed by atoms with van der Waals surface area (Å²) >= 11 is 1.65. The molecule has 0 radical (unpaired) electrons. The first-order valence-electron chi connectivity index (χ1n) is 6.93. The lowest BCUT2D eigenvalue weighted by molar-refractivity contribution is -0.119. The first-order chi connectivity index (χ1) is 9.65. The van der Waals surface area contributed by atoms with Gasteiger partial charge in [0, 0.05) is 36.1 Å². The summed E-state index contributed by atoms with van der Waals surface area (Å²) < 4.78 is 1.93. The minimum Gasteiger partial charge on any atom is -0.291 e. The van der Waals surface area contributed by atoms with E-state index < -0.39 is 0 Å². The lowest BCUT2D eigenvalue weighted by Crippen LogP contribution is -2.27. The van der Waals surface area contributed by atoms with Crippen LogP contribution in [0, 0.1) is 5.92 Å². The molecule has 1 fully saturated rings. The molecule has 0 aromatic carbocycles. The summed E-state index contributed by atoms with van der Waals surface area (Å²) in [5.41, 5.74) is 3.39. The van der Waals surface area contributed by atoms with Gasteiger partial charge in [-0.15, -0.1) is 11.3 Å². The molecule has 5 nitrogen and oxygen atoms in total. The molecule has 0 atom stereocenters. The topological polar surface area (TPSA) is 51.0 Å². The summed E-state index contributed by atoms with van der Waals surface area (Å²) in [5, 5.41) is 5.15. The van der Waals surface area contributed by atoms with Crippen molar-refractivity contribution >= 4 is 22.4 Å². The minimum absolute atomic E-state index is 0.211. The number of aryl methyl sites for hydroxylation is 2. The predicted octanol–water partition coefficient (Wildman–Crippen LogP) is 2.01. The summed E-state index contributed by atoms with van der Waals surface area (Å²) in [6.45, 7) is 0. The molecule has 0 unspecified atom stereocenters. The summed E-state index contributed by atoms with van der Waals surface area (Å²) in [7, 11) is 3.81. The van der Waals surface area contributed by atoms with E-state index in [9.17, 15) is 4.79 Å². The standard InChI is InChI=1S/C14H16N4OS/c1-17(13(19)8-3-4-8)14-16-12-9-7-15-18(2)10(9)5-6-11(12)20-14/h7-8H,3-6H2,1-2H3. The number of hydrogen-bond donors (Lipinski definition) is 0. The molecule has 0 N–H and O–H groups in total. The van der Waals surface area contributed by atoms with Crippen LogP contribution in [-0.2, 0) is 24.7 Å². The van der Waals surface area contributed by atoms with Crippen molar-refractivity contribution in [2.75, 3.05) is 11.9 Å². The predicted molar refractivity (Wildman–Crippen MR) is 77.9 cm³/mol. The lowest BCUT2D eigenvalue weighted by Gasteiger charge is -2.12. The van der Waals surface area contributed by atoms with E-state index in [1.165, 1.54) is 10.6 Å². The van der Waals surface area contributed by atoms with E-state index in [0.29, 0.717) is 0 Å². The molecule has 1 saturated carbocycles. The Morgan fingerprint density at radius 2 is 2.25 bits per heavy atom. The van der Waals surface area contributed by atoms with Crippen molar-refractivity contribution in [1.29, 1.82) is 0 Å². The highest BCUT2D eigenvalue weighted by Crippen LogP contribution is 2.40. The van der Waals surface area contributed by atoms with Crippen LogP contribution in [0.5, 0.6) is 0 Å². The van der Waals surface area contributed by atoms with Gasteiger partial charge in [0.05, 0.1) is 11.9 Å². The van der Waals surface area contributed by atoms with Crippen LogP contribution in [-0.4, -0.2) is 27.7 Å². The van der Waals surface area contributed by atoms with E-state index >= 15 is 0 Å². The Kier molecular flexibility index (Phi) is 2.51. The van der Waals surface area contributed by atoms with Gasteiger partial charge < -0.3 is 0 Å². The van der Waals surface area contributed by atoms with Gasteiger partial charge in [0.15, 0.2) is 5.13 Å². The lowest BCUT2D eigenvalue weighted by atomic mass is 10.0. The number of amides is 1. The van der Waals surface area contributed by atoms with Crippen molar-refractivity contribution in [1.82, 2.24) is 14.8 Å². The largest absolute Gasteiger partial charge is 0.291 e. The molecule has 2 heterocycles. The molecule has 0 spiro atoms. The zero-order valence-electron chi connectivity index (χ0n) is 11.6. The molecule has 4 rings (SSSR count). The van der Waals surface area contributed by atoms with Crippen LogP contribution in [0.25, 0.3) is 11.3 Å². The van der Waals surface area contributed by atoms with Crippen molar-refractivity contribution in [3.05, 3.63) is 16.8 Å². The van der Waals surface area contributed by atoms with Crippen molar-refractivity contribution in [3.63, 3.8) is 0 Å². The van der Waals surface area contributed by atoms with Gasteiger partial charge in [0.25, 0.3) is 0 Å². The smallest absolute Gasteiger partial charge is 0.231 e. The van der Waals surface area contributed by atoms with Gasteiger partial charge >= 0.3 is 0 Å². The second kappa shape index (κ2) is 4.15. The average Bonchev–Trinajstić information content (AvgIpc) is 3.10. The van der Waals surface area contributed by atoms with Crippen molar-refractivity contribution in [2.24, 2.45) is 13.0 Å². The SMILES string of the molecule is CN(C(=O)C1CC1)c1nc2c(s1)CCc1c-2cnn1C. The second-order valence-corrected chi connectivity index (χ2v) is 6.63. The summed E-state index contributed by atoms with van der Waals surface area (Å²) in [5.74, 6) is 0.442. The van der Waals surface area contributed by atoms with Crippen molar-refractivity contribution < 1.29 is 4.79 Å². The maximum atomic E-state index is 12.1. The van der Waals surface area contributed by atoms with Gasteiger partial charge in [-0.3, -0.25) is 14.4 Å². The van der Waals surface area contributed by atoms with Crippen molar-refractivity contribution in [3.8, 4) is 11.3 Å². The highest BCUT2D eigenvalue weighted by molar-refractivity contribution is 7.16. The van der Waals surface area contributed by atoms with Crippen LogP contribution in [0.15, 0.2) is 6.20 Å². The first-order valence-corrected chi connectivity index (χ1v) is 7.75. The summed E-state index contributed by atoms with van der Waals surface area (Å²) in [6.07, 6.45) is 5.94. The van der Waals surface area contributed by atoms with Crippen LogP contribution in [0.3, 0.4) is 0 Å². The molecule has 0 aliphatic heterocycles. The third-order valence-electron chi connectivity index (χ3n) is 4.14. The fraction of sp³-hybridized carbons (Fsp3) is 0.500. The molecule has 2 aliphatic carbocycles. The number of anilines is 1. The van der Waals surface area contributed by atoms with E-state index in [-0.39, 0.29) is 11.8 Å². The average molecular weight is 288 g/mol. The Labute approximate surface area is 121 Å². The normalized spacial score (nSPS) is 16.7. The molecule has 0 saturated heterocycles. The number of carbonyl (C=O) groups excluding carboxylic acids is 1. The molecule has 2 aromatic rings. The van der Waals surface area contributed by atoms with Crippen LogP contribution in [0.4, 0.5) is 5.13 Å². The van der Waals surface area contributed by atoms with Crippen LogP contribution in [0.1, 0.15) is 23.4 Å². The van der Waals surface area contributed by atoms with E-state index in [1.54, 1.807) is 16.2 Å². The quantitative estimate of drug-likeness (QED) is 0.849. The second-order valence-electron chi connectivity index (χ2n) is 5.57. The zero-order chi connectivity index (χ0) is 13.9. The number of aromatic nitrogens is 3. The summed E-state index contributed by atoms with van der Waals surface area (Å²) in [4.78, 5) is 19.9. The molecule has 104 valence electrons. The maximum Gasteiger partial charge on any atom is 0.231 e. The zero-order valence-corrected chi connectivity index (χ0v) is 12.4. The number of rotatable bonds is 2. The van der Waals surface area contributed by atoms with Gasteiger partial charge in [-0.05, 0) is 25.7 Å². The molecule has 20 heavy (non-hydrogen) atoms. The highest BCUT2D eigenvalue weighted by atomic mass is 32.1. The van der Waals surface area contributed by atoms with E-state index in [4.69, 9.17) is 4.98 Å². The Hall–Kier alpha value is -1.69. The Bertz CT molecular complexity index is 698. The van der Waals surface area contributed by atoms with Crippen LogP contribution in [0.2, 0.25) is 0 Å². The first kappa shape index (κ1) is 12.1. The number of hydrogen-bond acceptors (Lipinski definition) is 4. The molecule has 0 bridgehead atoms. The van der Waals surface area contributed by atoms with E-state index in [0.717, 1.165) is 42.1 Å². The number of fused-ring (bicyclic) bond motifs is 3. The monoisotopic (exact) mass is 288 g/mol. The highest BCUT2D eigenvalue weighted by Gasteiger charge is 2.34. The maximum absolute atomic E-state index is 12.1. The number of carbonyl (C=O) groups is 1. The molecular formula is C14H16N4OS. The van der Waals surface area contributed by atoms with Gasteiger partial charge in [-0.1, -0.05) is 0 Å². The van der Waals surface area contributed by atoms with Crippen molar-refractivity contribution in [2.45, 2.75) is 25.7 Å². The van der Waals surface area contributed by atoms with Gasteiger partial charge in [0.2, 0.25) is 5.91 Å². The molecule has 6 heteroatoms. The summed E-state index contributed by atoms with van der Waals surface area (Å²) in [6, 6.07) is 0. The third kappa shape index (κ3) is 1.71. The van der Waals surface area contributed by atoms with Gasteiger partial charge in [0.1, 0.15) is 0 Å². The Balaban J connectivity index is 1.72. The number of nitrogens with zero attached hydrogens (tertiary/aromatic N) is 4. The third-order valence-corrected chi connectivity index (χ3v) is 5.33. The van der Waals surface area contributed by atoms with Crippen LogP contribution >= 0.6 is 11.3 Å². The molecule has 2 aromatic heterocycles. The fourth-order valence-electron chi connectivity index (χ4n) is 2.75. The van der Waals surface area contributed by atoms with E-state index in [1.807, 2.05) is 25.0 Å². The van der Waals surface area contributed by atoms with Crippen LogP contribution < -0.4 is 4.90 Å².